The van der Waals surface area contributed by atoms with Crippen molar-refractivity contribution in [3.05, 3.63) is 65.9 Å². The molecule has 2 aromatic carbocycles. The highest BCUT2D eigenvalue weighted by atomic mass is 16.5. The Kier molecular flexibility index (Phi) is 5.14. The molecule has 0 aliphatic carbocycles. The number of benzene rings is 2. The molecule has 0 saturated carbocycles. The van der Waals surface area contributed by atoms with Crippen LogP contribution in [0.15, 0.2) is 54.6 Å². The van der Waals surface area contributed by atoms with Gasteiger partial charge >= 0.3 is 0 Å². The number of hydrogen-bond acceptors (Lipinski definition) is 3. The van der Waals surface area contributed by atoms with Crippen molar-refractivity contribution in [2.75, 3.05) is 7.11 Å². The van der Waals surface area contributed by atoms with Gasteiger partial charge in [-0.1, -0.05) is 43.2 Å². The van der Waals surface area contributed by atoms with Crippen molar-refractivity contribution in [3.63, 3.8) is 0 Å². The summed E-state index contributed by atoms with van der Waals surface area (Å²) in [6.07, 6.45) is 1.56. The second kappa shape index (κ2) is 7.34. The van der Waals surface area contributed by atoms with Gasteiger partial charge < -0.3 is 9.84 Å². The highest BCUT2D eigenvalue weighted by Gasteiger charge is 2.27. The van der Waals surface area contributed by atoms with Gasteiger partial charge in [0.2, 0.25) is 0 Å². The fourth-order valence-electron chi connectivity index (χ4n) is 3.11. The predicted molar refractivity (Wildman–Crippen MR) is 105 cm³/mol. The number of rotatable bonds is 6. The molecule has 1 atom stereocenters. The van der Waals surface area contributed by atoms with Gasteiger partial charge in [-0.15, -0.1) is 0 Å². The Labute approximate surface area is 155 Å². The second-order valence-electron chi connectivity index (χ2n) is 6.91. The number of hydrogen-bond donors (Lipinski definition) is 1. The molecule has 0 fully saturated rings. The van der Waals surface area contributed by atoms with E-state index in [0.29, 0.717) is 12.1 Å². The molecule has 0 bridgehead atoms. The Hall–Kier alpha value is -2.59. The number of aliphatic hydroxyl groups is 1. The van der Waals surface area contributed by atoms with E-state index in [0.717, 1.165) is 29.1 Å². The summed E-state index contributed by atoms with van der Waals surface area (Å²) in [6, 6.07) is 18.1. The molecule has 0 aliphatic rings. The standard InChI is InChI=1S/C22H26N2O2/c1-5-14-22(3,25)21-15-20(17-8-6-16(2)7-9-17)24(23-21)18-10-12-19(26-4)13-11-18/h6-13,15,25H,5,14H2,1-4H3. The molecule has 1 N–H and O–H groups in total. The van der Waals surface area contributed by atoms with Crippen molar-refractivity contribution >= 4 is 0 Å². The number of methoxy groups -OCH3 is 1. The van der Waals surface area contributed by atoms with E-state index in [1.165, 1.54) is 5.56 Å². The molecule has 0 saturated heterocycles. The van der Waals surface area contributed by atoms with Crippen LogP contribution in [0.25, 0.3) is 16.9 Å². The predicted octanol–water partition coefficient (Wildman–Crippen LogP) is 4.86. The molecule has 26 heavy (non-hydrogen) atoms. The van der Waals surface area contributed by atoms with Crippen LogP contribution in [0, 0.1) is 6.92 Å². The van der Waals surface area contributed by atoms with Gasteiger partial charge in [-0.25, -0.2) is 4.68 Å². The number of nitrogens with zero attached hydrogens (tertiary/aromatic N) is 2. The van der Waals surface area contributed by atoms with E-state index in [1.807, 2.05) is 41.9 Å². The third-order valence-electron chi connectivity index (χ3n) is 4.66. The zero-order valence-electron chi connectivity index (χ0n) is 15.9. The molecule has 0 radical (unpaired) electrons. The Morgan fingerprint density at radius 1 is 1.08 bits per heavy atom. The summed E-state index contributed by atoms with van der Waals surface area (Å²) in [5.74, 6) is 0.802. The average molecular weight is 350 g/mol. The highest BCUT2D eigenvalue weighted by molar-refractivity contribution is 5.63. The first kappa shape index (κ1) is 18.2. The summed E-state index contributed by atoms with van der Waals surface area (Å²) in [5, 5.41) is 15.6. The number of aryl methyl sites for hydroxylation is 1. The summed E-state index contributed by atoms with van der Waals surface area (Å²) in [6.45, 7) is 5.97. The van der Waals surface area contributed by atoms with Crippen molar-refractivity contribution in [2.45, 2.75) is 39.2 Å². The fourth-order valence-corrected chi connectivity index (χ4v) is 3.11. The zero-order valence-corrected chi connectivity index (χ0v) is 15.9. The molecule has 4 nitrogen and oxygen atoms in total. The van der Waals surface area contributed by atoms with Crippen LogP contribution in [0.2, 0.25) is 0 Å². The Morgan fingerprint density at radius 3 is 2.31 bits per heavy atom. The molecule has 0 aliphatic heterocycles. The van der Waals surface area contributed by atoms with Gasteiger partial charge in [0.05, 0.1) is 24.2 Å². The molecule has 136 valence electrons. The molecule has 1 unspecified atom stereocenters. The Bertz CT molecular complexity index is 862. The first-order chi connectivity index (χ1) is 12.4. The summed E-state index contributed by atoms with van der Waals surface area (Å²) in [4.78, 5) is 0. The zero-order chi connectivity index (χ0) is 18.7. The lowest BCUT2D eigenvalue weighted by atomic mass is 9.96. The van der Waals surface area contributed by atoms with Gasteiger partial charge in [-0.05, 0) is 50.6 Å². The molecule has 3 aromatic rings. The van der Waals surface area contributed by atoms with Gasteiger partial charge in [0.15, 0.2) is 0 Å². The van der Waals surface area contributed by atoms with Gasteiger partial charge in [0.1, 0.15) is 11.4 Å². The van der Waals surface area contributed by atoms with Crippen LogP contribution in [-0.4, -0.2) is 22.0 Å². The van der Waals surface area contributed by atoms with Crippen molar-refractivity contribution in [3.8, 4) is 22.7 Å². The second-order valence-corrected chi connectivity index (χ2v) is 6.91. The smallest absolute Gasteiger partial charge is 0.119 e. The van der Waals surface area contributed by atoms with Crippen LogP contribution in [0.4, 0.5) is 0 Å². The minimum atomic E-state index is -0.952. The first-order valence-electron chi connectivity index (χ1n) is 8.99. The highest BCUT2D eigenvalue weighted by Crippen LogP contribution is 2.31. The van der Waals surface area contributed by atoms with Gasteiger partial charge in [-0.2, -0.15) is 5.10 Å². The monoisotopic (exact) mass is 350 g/mol. The van der Waals surface area contributed by atoms with E-state index in [2.05, 4.69) is 38.1 Å². The summed E-state index contributed by atoms with van der Waals surface area (Å²) >= 11 is 0. The molecule has 0 amide bonds. The molecular weight excluding hydrogens is 324 g/mol. The Balaban J connectivity index is 2.13. The van der Waals surface area contributed by atoms with E-state index >= 15 is 0 Å². The van der Waals surface area contributed by atoms with Crippen molar-refractivity contribution < 1.29 is 9.84 Å². The van der Waals surface area contributed by atoms with E-state index in [-0.39, 0.29) is 0 Å². The SMILES string of the molecule is CCCC(C)(O)c1cc(-c2ccc(C)cc2)n(-c2ccc(OC)cc2)n1. The summed E-state index contributed by atoms with van der Waals surface area (Å²) < 4.78 is 7.15. The van der Waals surface area contributed by atoms with Crippen LogP contribution in [0.1, 0.15) is 37.9 Å². The van der Waals surface area contributed by atoms with Gasteiger partial charge in [0, 0.05) is 5.56 Å². The normalized spacial score (nSPS) is 13.4. The van der Waals surface area contributed by atoms with E-state index in [1.54, 1.807) is 7.11 Å². The topological polar surface area (TPSA) is 47.3 Å². The van der Waals surface area contributed by atoms with Crippen LogP contribution in [0.3, 0.4) is 0 Å². The van der Waals surface area contributed by atoms with Crippen molar-refractivity contribution in [1.29, 1.82) is 0 Å². The molecule has 4 heteroatoms. The van der Waals surface area contributed by atoms with E-state index in [9.17, 15) is 5.11 Å². The van der Waals surface area contributed by atoms with E-state index < -0.39 is 5.60 Å². The lowest BCUT2D eigenvalue weighted by molar-refractivity contribution is 0.0421. The van der Waals surface area contributed by atoms with Crippen LogP contribution in [0.5, 0.6) is 5.75 Å². The minimum Gasteiger partial charge on any atom is -0.497 e. The van der Waals surface area contributed by atoms with E-state index in [4.69, 9.17) is 9.84 Å². The van der Waals surface area contributed by atoms with Crippen LogP contribution in [-0.2, 0) is 5.60 Å². The molecule has 1 aromatic heterocycles. The van der Waals surface area contributed by atoms with Crippen LogP contribution < -0.4 is 4.74 Å². The third-order valence-corrected chi connectivity index (χ3v) is 4.66. The number of ether oxygens (including phenoxy) is 1. The molecular formula is C22H26N2O2. The lowest BCUT2D eigenvalue weighted by Crippen LogP contribution is -2.21. The maximum atomic E-state index is 10.8. The fraction of sp³-hybridized carbons (Fsp3) is 0.318. The quantitative estimate of drug-likeness (QED) is 0.690. The average Bonchev–Trinajstić information content (AvgIpc) is 3.09. The van der Waals surface area contributed by atoms with Crippen molar-refractivity contribution in [2.24, 2.45) is 0 Å². The van der Waals surface area contributed by atoms with Crippen molar-refractivity contribution in [1.82, 2.24) is 9.78 Å². The van der Waals surface area contributed by atoms with Crippen LogP contribution >= 0.6 is 0 Å². The molecule has 0 spiro atoms. The maximum Gasteiger partial charge on any atom is 0.119 e. The van der Waals surface area contributed by atoms with Gasteiger partial charge in [-0.3, -0.25) is 0 Å². The summed E-state index contributed by atoms with van der Waals surface area (Å²) in [5.41, 5.74) is 3.90. The molecule has 3 rings (SSSR count). The third kappa shape index (κ3) is 3.65. The maximum absolute atomic E-state index is 10.8. The minimum absolute atomic E-state index is 0.667. The molecule has 1 heterocycles. The number of aromatic nitrogens is 2. The lowest BCUT2D eigenvalue weighted by Gasteiger charge is -2.19. The van der Waals surface area contributed by atoms with Gasteiger partial charge in [0.25, 0.3) is 0 Å². The first-order valence-corrected chi connectivity index (χ1v) is 8.99. The largest absolute Gasteiger partial charge is 0.497 e. The Morgan fingerprint density at radius 2 is 1.73 bits per heavy atom. The summed E-state index contributed by atoms with van der Waals surface area (Å²) in [7, 11) is 1.65.